The molecule has 0 bridgehead atoms. The van der Waals surface area contributed by atoms with Gasteiger partial charge in [-0.05, 0) is 42.8 Å². The summed E-state index contributed by atoms with van der Waals surface area (Å²) in [5.41, 5.74) is 3.88. The Morgan fingerprint density at radius 2 is 1.91 bits per heavy atom. The van der Waals surface area contributed by atoms with Gasteiger partial charge in [-0.2, -0.15) is 5.10 Å². The number of benzene rings is 2. The van der Waals surface area contributed by atoms with Crippen LogP contribution in [0.5, 0.6) is 0 Å². The molecule has 116 valence electrons. The molecule has 23 heavy (non-hydrogen) atoms. The fraction of sp³-hybridized carbons (Fsp3) is 0.111. The van der Waals surface area contributed by atoms with Crippen LogP contribution in [0.4, 0.5) is 0 Å². The molecule has 0 aliphatic rings. The second-order valence-electron chi connectivity index (χ2n) is 5.17. The van der Waals surface area contributed by atoms with Crippen molar-refractivity contribution in [3.8, 4) is 16.9 Å². The number of carbonyl (C=O) groups is 1. The highest BCUT2D eigenvalue weighted by atomic mass is 35.5. The van der Waals surface area contributed by atoms with Gasteiger partial charge >= 0.3 is 5.97 Å². The number of carbonyl (C=O) groups excluding carboxylic acids is 1. The zero-order valence-electron chi connectivity index (χ0n) is 12.8. The van der Waals surface area contributed by atoms with Gasteiger partial charge in [0.05, 0.1) is 18.5 Å². The molecule has 0 fully saturated rings. The van der Waals surface area contributed by atoms with Gasteiger partial charge in [-0.1, -0.05) is 35.9 Å². The molecule has 0 amide bonds. The molecule has 0 N–H and O–H groups in total. The van der Waals surface area contributed by atoms with E-state index < -0.39 is 5.97 Å². The van der Waals surface area contributed by atoms with Crippen LogP contribution in [0.2, 0.25) is 5.02 Å². The molecule has 0 spiro atoms. The van der Waals surface area contributed by atoms with E-state index in [1.807, 2.05) is 49.4 Å². The van der Waals surface area contributed by atoms with Crippen LogP contribution in [0.3, 0.4) is 0 Å². The monoisotopic (exact) mass is 326 g/mol. The second-order valence-corrected chi connectivity index (χ2v) is 5.60. The van der Waals surface area contributed by atoms with E-state index in [9.17, 15) is 4.79 Å². The van der Waals surface area contributed by atoms with Crippen molar-refractivity contribution in [1.82, 2.24) is 9.78 Å². The van der Waals surface area contributed by atoms with Crippen molar-refractivity contribution in [2.24, 2.45) is 0 Å². The minimum absolute atomic E-state index is 0.254. The van der Waals surface area contributed by atoms with E-state index in [0.29, 0.717) is 5.02 Å². The molecule has 2 aromatic carbocycles. The Morgan fingerprint density at radius 3 is 2.61 bits per heavy atom. The maximum absolute atomic E-state index is 11.9. The van der Waals surface area contributed by atoms with Crippen LogP contribution in [0, 0.1) is 6.92 Å². The van der Waals surface area contributed by atoms with Crippen LogP contribution in [-0.2, 0) is 4.74 Å². The van der Waals surface area contributed by atoms with Gasteiger partial charge in [0.15, 0.2) is 5.69 Å². The Labute approximate surface area is 139 Å². The van der Waals surface area contributed by atoms with Gasteiger partial charge in [0, 0.05) is 10.6 Å². The maximum Gasteiger partial charge on any atom is 0.358 e. The first-order chi connectivity index (χ1) is 11.1. The fourth-order valence-electron chi connectivity index (χ4n) is 2.40. The molecule has 3 aromatic rings. The number of aryl methyl sites for hydroxylation is 1. The first-order valence-corrected chi connectivity index (χ1v) is 7.47. The molecule has 0 radical (unpaired) electrons. The van der Waals surface area contributed by atoms with Crippen molar-refractivity contribution in [1.29, 1.82) is 0 Å². The lowest BCUT2D eigenvalue weighted by Gasteiger charge is -2.08. The zero-order valence-corrected chi connectivity index (χ0v) is 13.5. The van der Waals surface area contributed by atoms with Gasteiger partial charge in [-0.3, -0.25) is 0 Å². The number of methoxy groups -OCH3 is 1. The largest absolute Gasteiger partial charge is 0.464 e. The minimum Gasteiger partial charge on any atom is -0.464 e. The van der Waals surface area contributed by atoms with E-state index in [2.05, 4.69) is 5.10 Å². The summed E-state index contributed by atoms with van der Waals surface area (Å²) in [5, 5.41) is 5.02. The van der Waals surface area contributed by atoms with Gasteiger partial charge < -0.3 is 4.74 Å². The summed E-state index contributed by atoms with van der Waals surface area (Å²) in [7, 11) is 1.34. The number of esters is 1. The molecular formula is C18H15ClN2O2. The lowest BCUT2D eigenvalue weighted by molar-refractivity contribution is 0.0593. The lowest BCUT2D eigenvalue weighted by Crippen LogP contribution is -2.04. The summed E-state index contributed by atoms with van der Waals surface area (Å²) >= 11 is 6.09. The Balaban J connectivity index is 2.21. The van der Waals surface area contributed by atoms with E-state index in [1.54, 1.807) is 16.8 Å². The molecule has 4 nitrogen and oxygen atoms in total. The van der Waals surface area contributed by atoms with E-state index >= 15 is 0 Å². The first-order valence-electron chi connectivity index (χ1n) is 7.10. The van der Waals surface area contributed by atoms with E-state index in [1.165, 1.54) is 7.11 Å². The number of nitrogens with zero attached hydrogens (tertiary/aromatic N) is 2. The summed E-state index contributed by atoms with van der Waals surface area (Å²) in [5.74, 6) is -0.473. The average molecular weight is 327 g/mol. The number of ether oxygens (including phenoxy) is 1. The van der Waals surface area contributed by atoms with Crippen molar-refractivity contribution < 1.29 is 9.53 Å². The van der Waals surface area contributed by atoms with E-state index in [4.69, 9.17) is 16.3 Å². The molecule has 0 aliphatic heterocycles. The lowest BCUT2D eigenvalue weighted by atomic mass is 10.1. The van der Waals surface area contributed by atoms with Crippen molar-refractivity contribution >= 4 is 17.6 Å². The van der Waals surface area contributed by atoms with Crippen molar-refractivity contribution in [2.45, 2.75) is 6.92 Å². The zero-order chi connectivity index (χ0) is 16.4. The predicted molar refractivity (Wildman–Crippen MR) is 90.1 cm³/mol. The Bertz CT molecular complexity index is 808. The number of rotatable bonds is 3. The number of halogens is 1. The van der Waals surface area contributed by atoms with Crippen LogP contribution in [-0.4, -0.2) is 22.9 Å². The highest BCUT2D eigenvalue weighted by molar-refractivity contribution is 6.30. The average Bonchev–Trinajstić information content (AvgIpc) is 2.99. The van der Waals surface area contributed by atoms with Crippen molar-refractivity contribution in [2.75, 3.05) is 7.11 Å². The number of aromatic nitrogens is 2. The van der Waals surface area contributed by atoms with Gasteiger partial charge in [-0.25, -0.2) is 9.48 Å². The van der Waals surface area contributed by atoms with Crippen LogP contribution in [0.15, 0.2) is 54.6 Å². The van der Waals surface area contributed by atoms with Gasteiger partial charge in [0.2, 0.25) is 0 Å². The topological polar surface area (TPSA) is 44.1 Å². The molecule has 0 aliphatic carbocycles. The van der Waals surface area contributed by atoms with E-state index in [-0.39, 0.29) is 5.69 Å². The quantitative estimate of drug-likeness (QED) is 0.674. The SMILES string of the molecule is COC(=O)c1cc(-c2cccc(Cl)c2)n(-c2cccc(C)c2)n1. The van der Waals surface area contributed by atoms with Crippen LogP contribution in [0.1, 0.15) is 16.1 Å². The molecule has 5 heteroatoms. The van der Waals surface area contributed by atoms with Crippen LogP contribution < -0.4 is 0 Å². The molecule has 0 atom stereocenters. The molecule has 3 rings (SSSR count). The van der Waals surface area contributed by atoms with Crippen molar-refractivity contribution in [3.05, 3.63) is 70.9 Å². The molecule has 0 unspecified atom stereocenters. The highest BCUT2D eigenvalue weighted by Gasteiger charge is 2.17. The molecule has 1 aromatic heterocycles. The minimum atomic E-state index is -0.473. The Kier molecular flexibility index (Phi) is 4.17. The third-order valence-corrected chi connectivity index (χ3v) is 3.71. The summed E-state index contributed by atoms with van der Waals surface area (Å²) in [6.07, 6.45) is 0. The molecule has 0 saturated carbocycles. The standard InChI is InChI=1S/C18H15ClN2O2/c1-12-5-3-8-15(9-12)21-17(11-16(20-21)18(22)23-2)13-6-4-7-14(19)10-13/h3-11H,1-2H3. The van der Waals surface area contributed by atoms with Crippen LogP contribution >= 0.6 is 11.6 Å². The Hall–Kier alpha value is -2.59. The summed E-state index contributed by atoms with van der Waals surface area (Å²) in [4.78, 5) is 11.9. The normalized spacial score (nSPS) is 10.6. The van der Waals surface area contributed by atoms with Crippen LogP contribution in [0.25, 0.3) is 16.9 Å². The first kappa shape index (κ1) is 15.3. The fourth-order valence-corrected chi connectivity index (χ4v) is 2.59. The summed E-state index contributed by atoms with van der Waals surface area (Å²) < 4.78 is 6.51. The molecular weight excluding hydrogens is 312 g/mol. The van der Waals surface area contributed by atoms with Gasteiger partial charge in [-0.15, -0.1) is 0 Å². The Morgan fingerprint density at radius 1 is 1.13 bits per heavy atom. The van der Waals surface area contributed by atoms with Crippen molar-refractivity contribution in [3.63, 3.8) is 0 Å². The molecule has 0 saturated heterocycles. The number of hydrogen-bond acceptors (Lipinski definition) is 3. The van der Waals surface area contributed by atoms with Gasteiger partial charge in [0.1, 0.15) is 0 Å². The molecule has 1 heterocycles. The second kappa shape index (κ2) is 6.26. The number of hydrogen-bond donors (Lipinski definition) is 0. The van der Waals surface area contributed by atoms with E-state index in [0.717, 1.165) is 22.5 Å². The van der Waals surface area contributed by atoms with Gasteiger partial charge in [0.25, 0.3) is 0 Å². The third kappa shape index (κ3) is 3.12. The third-order valence-electron chi connectivity index (χ3n) is 3.47. The summed E-state index contributed by atoms with van der Waals surface area (Å²) in [6.45, 7) is 2.01. The summed E-state index contributed by atoms with van der Waals surface area (Å²) in [6, 6.07) is 17.0. The smallest absolute Gasteiger partial charge is 0.358 e. The highest BCUT2D eigenvalue weighted by Crippen LogP contribution is 2.27. The maximum atomic E-state index is 11.9. The predicted octanol–water partition coefficient (Wildman–Crippen LogP) is 4.29.